The number of sulfonamides is 1. The molecule has 20 rings (SSSR count). The third kappa shape index (κ3) is 20.2. The van der Waals surface area contributed by atoms with E-state index in [-0.39, 0.29) is 169 Å². The van der Waals surface area contributed by atoms with Crippen LogP contribution in [0.15, 0.2) is 37.0 Å². The Morgan fingerprint density at radius 1 is 0.393 bits per heavy atom. The molecule has 20 saturated carbocycles. The molecular weight excluding hydrogens is 1890 g/mol. The normalized spacial score (nSPS) is 44.5. The van der Waals surface area contributed by atoms with Gasteiger partial charge in [-0.2, -0.15) is 4.89 Å². The first-order valence-corrected chi connectivity index (χ1v) is 56.5. The van der Waals surface area contributed by atoms with E-state index in [1.54, 1.807) is 25.7 Å². The smallest absolute Gasteiger partial charge is 0.317 e. The lowest BCUT2D eigenvalue weighted by atomic mass is 9.59. The van der Waals surface area contributed by atoms with Gasteiger partial charge in [-0.25, -0.2) is 13.7 Å². The van der Waals surface area contributed by atoms with Crippen LogP contribution in [0, 0.1) is 296 Å². The third-order valence-corrected chi connectivity index (χ3v) is 42.8. The summed E-state index contributed by atoms with van der Waals surface area (Å²) in [7, 11) is -2.22. The molecule has 0 aliphatic heterocycles. The second-order valence-corrected chi connectivity index (χ2v) is 50.0. The molecule has 0 radical (unpaired) electrons. The molecule has 51 atom stereocenters. The van der Waals surface area contributed by atoms with Gasteiger partial charge in [0, 0.05) is 32.6 Å². The molecule has 51 unspecified atom stereocenters. The number of carbonyl (C=O) groups is 10. The summed E-state index contributed by atoms with van der Waals surface area (Å²) in [6, 6.07) is 0. The first-order valence-electron chi connectivity index (χ1n) is 54.6. The number of rotatable bonds is 34. The molecule has 0 saturated heterocycles. The molecular formula is C110H168N2O32S. The number of hydrogen-bond donors (Lipinski definition) is 4. The number of ether oxygens (including phenoxy) is 13. The standard InChI is InChI=1S/C23H35NO7S.C23H35NO6.C23H34O7.C21H32O6.C20H30O5.H2O/c1-10-11(2)14-8-13(10)17-15-9-16(18(14)17)20(22(26)30-23(4,5)6)19(15)21(25)29-12(3)31-24-32(7,27)28;1-6-28-13(5)29-23(26)21-17-8-16(20(21)22(25)24-9-10(2)30-27)18-14-7-15(19(17)18)12(4)11(14)3;1-6-26-10-27-22(24)20-16-9-17(21(20)23(25)29-13(5)30-28-7-2)19-15-8-14(18(16)19)11(3)12(15)4;1-4-25-9-27-21(24)19-15-8-14(18(19)20(23)26-6-5-22)16-12-7-13(17(15)16)11(3)10(12)2;1-5-24-8-25-20(22)18-14-7-13(17(18)19(21)23-4)15-11-6-12(16(14)15)10(3)9(11)2;/h10-11,13-20,24H,3,8-9H2,1-2,4-7H3;9,11-21,27H,6-8H2,1-5H3,(H,24,25);11-12,14-21H,5-10H2,1-4H3;10-19,22H,4-9H2,1-3H3;9-18H,5-8H2,1-4H3;1H2. The number of hydrogen-bond acceptors (Lipinski definition) is 31. The minimum atomic E-state index is -3.65. The van der Waals surface area contributed by atoms with E-state index in [0.29, 0.717) is 199 Å². The van der Waals surface area contributed by atoms with E-state index >= 15 is 0 Å². The predicted octanol–water partition coefficient (Wildman–Crippen LogP) is 13.8. The van der Waals surface area contributed by atoms with Crippen molar-refractivity contribution in [1.82, 2.24) is 10.2 Å². The highest BCUT2D eigenvalue weighted by molar-refractivity contribution is 7.88. The maximum Gasteiger partial charge on any atom is 0.317 e. The number of methoxy groups -OCH3 is 1. The Labute approximate surface area is 856 Å². The number of aliphatic hydroxyl groups is 1. The Kier molecular flexibility index (Phi) is 34.8. The van der Waals surface area contributed by atoms with E-state index in [1.165, 1.54) is 45.4 Å². The van der Waals surface area contributed by atoms with Crippen LogP contribution >= 0.6 is 0 Å². The fourth-order valence-electron chi connectivity index (χ4n) is 37.5. The molecule has 0 aromatic carbocycles. The highest BCUT2D eigenvalue weighted by Gasteiger charge is 2.78. The molecule has 0 aromatic rings. The highest BCUT2D eigenvalue weighted by Crippen LogP contribution is 2.79. The van der Waals surface area contributed by atoms with Gasteiger partial charge in [-0.15, -0.1) is 0 Å². The highest BCUT2D eigenvalue weighted by atomic mass is 32.2. The van der Waals surface area contributed by atoms with Crippen molar-refractivity contribution < 1.29 is 153 Å². The second-order valence-electron chi connectivity index (χ2n) is 48.3. The number of carbonyl (C=O) groups excluding carboxylic acids is 10. The quantitative estimate of drug-likeness (QED) is 0.00679. The van der Waals surface area contributed by atoms with E-state index in [9.17, 15) is 56.4 Å². The summed E-state index contributed by atoms with van der Waals surface area (Å²) in [5.74, 6) is 11.7. The first kappa shape index (κ1) is 112. The summed E-state index contributed by atoms with van der Waals surface area (Å²) in [5, 5.41) is 20.5. The van der Waals surface area contributed by atoms with E-state index < -0.39 is 87.1 Å². The third-order valence-electron chi connectivity index (χ3n) is 42.4. The molecule has 1 amide bonds. The maximum absolute atomic E-state index is 13.3. The molecule has 816 valence electrons. The number of amides is 1. The Morgan fingerprint density at radius 3 is 0.945 bits per heavy atom. The van der Waals surface area contributed by atoms with Gasteiger partial charge in [-0.1, -0.05) is 69.2 Å². The van der Waals surface area contributed by atoms with Gasteiger partial charge < -0.3 is 87.2 Å². The van der Waals surface area contributed by atoms with Crippen molar-refractivity contribution in [2.24, 2.45) is 296 Å². The molecule has 0 aromatic heterocycles. The van der Waals surface area contributed by atoms with Crippen LogP contribution in [0.2, 0.25) is 0 Å². The number of fused-ring (bicyclic) bond motifs is 45. The summed E-state index contributed by atoms with van der Waals surface area (Å²) in [5.41, 5.74) is -0.657. The molecule has 0 heterocycles. The molecule has 20 bridgehead atoms. The summed E-state index contributed by atoms with van der Waals surface area (Å²) < 4.78 is 91.9. The Bertz CT molecular complexity index is 4850. The van der Waals surface area contributed by atoms with E-state index in [2.05, 4.69) is 92.6 Å². The molecule has 145 heavy (non-hydrogen) atoms. The van der Waals surface area contributed by atoms with Crippen molar-refractivity contribution in [2.45, 2.75) is 215 Å². The lowest BCUT2D eigenvalue weighted by Crippen LogP contribution is -2.49. The van der Waals surface area contributed by atoms with Gasteiger partial charge in [0.1, 0.15) is 12.2 Å². The molecule has 20 aliphatic carbocycles. The summed E-state index contributed by atoms with van der Waals surface area (Å²) in [4.78, 5) is 150. The van der Waals surface area contributed by atoms with Gasteiger partial charge >= 0.3 is 65.6 Å². The lowest BCUT2D eigenvalue weighted by Gasteiger charge is -2.45. The Balaban J connectivity index is 0.000000136. The maximum atomic E-state index is 13.3. The van der Waals surface area contributed by atoms with E-state index in [4.69, 9.17) is 86.6 Å². The lowest BCUT2D eigenvalue weighted by molar-refractivity contribution is -0.286. The van der Waals surface area contributed by atoms with Crippen LogP contribution in [-0.4, -0.2) is 176 Å². The van der Waals surface area contributed by atoms with Crippen molar-refractivity contribution in [2.75, 3.05) is 80.0 Å². The molecule has 0 spiro atoms. The Morgan fingerprint density at radius 2 is 0.669 bits per heavy atom. The van der Waals surface area contributed by atoms with E-state index in [0.717, 1.165) is 50.2 Å². The van der Waals surface area contributed by atoms with Crippen LogP contribution in [0.3, 0.4) is 0 Å². The SMILES string of the molecule is C=C(ONS(C)(=O)=O)OC(=O)C1C2CC(C1C(=O)OC(C)(C)C)C1C3CC(C(C)C3C)C21.C=C(OOCC)OC(=O)C1C2CC(C1C(=O)OCOCC)C1C3CC(C(C)C3C)C21.CCOC(C)OC(=O)C1C2CC(C1C(=O)NC=C(C)OO)C1C3CC(C(C)C3C)C21.CCOCOC(=O)C1C2CC(C1C(=O)OC)C1C3CC(C(C)C3C)C21.CCOCOC(=O)C1C2CC(C1C(=O)OCCO)C1C3CC(C(C)C3C)C21.O. The minimum Gasteiger partial charge on any atom is -0.469 e. The number of nitrogens with one attached hydrogen (secondary N) is 2. The van der Waals surface area contributed by atoms with Crippen molar-refractivity contribution in [3.8, 4) is 0 Å². The van der Waals surface area contributed by atoms with Gasteiger partial charge in [0.05, 0.1) is 85.8 Å². The largest absolute Gasteiger partial charge is 0.469 e. The van der Waals surface area contributed by atoms with Crippen LogP contribution in [0.1, 0.15) is 203 Å². The van der Waals surface area contributed by atoms with E-state index in [1.807, 2.05) is 48.5 Å². The van der Waals surface area contributed by atoms with Crippen molar-refractivity contribution in [3.05, 3.63) is 37.0 Å². The van der Waals surface area contributed by atoms with Gasteiger partial charge in [0.15, 0.2) is 32.4 Å². The van der Waals surface area contributed by atoms with Gasteiger partial charge in [0.2, 0.25) is 15.9 Å². The molecule has 20 aliphatic rings. The molecule has 20 fully saturated rings. The fourth-order valence-corrected chi connectivity index (χ4v) is 37.8. The zero-order valence-corrected chi connectivity index (χ0v) is 90.0. The van der Waals surface area contributed by atoms with Gasteiger partial charge in [0.25, 0.3) is 0 Å². The van der Waals surface area contributed by atoms with Crippen LogP contribution in [0.25, 0.3) is 0 Å². The van der Waals surface area contributed by atoms with Crippen molar-refractivity contribution in [1.29, 1.82) is 0 Å². The topological polar surface area (TPSA) is 458 Å². The predicted molar refractivity (Wildman–Crippen MR) is 520 cm³/mol. The monoisotopic (exact) mass is 2060 g/mol. The van der Waals surface area contributed by atoms with Crippen LogP contribution in [-0.2, 0) is 139 Å². The van der Waals surface area contributed by atoms with Gasteiger partial charge in [-0.3, -0.25) is 52.8 Å². The average Bonchev–Trinajstić information content (AvgIpc) is 1.98. The second kappa shape index (κ2) is 45.1. The van der Waals surface area contributed by atoms with Gasteiger partial charge in [-0.05, 0) is 388 Å². The minimum absolute atomic E-state index is 0. The molecule has 34 nitrogen and oxygen atoms in total. The van der Waals surface area contributed by atoms with Crippen LogP contribution in [0.4, 0.5) is 0 Å². The Hall–Kier alpha value is -7.09. The zero-order valence-electron chi connectivity index (χ0n) is 89.2. The number of esters is 9. The average molecular weight is 2060 g/mol. The molecule has 35 heteroatoms. The molecule has 6 N–H and O–H groups in total. The summed E-state index contributed by atoms with van der Waals surface area (Å²) >= 11 is 0. The fraction of sp³-hybridized carbons (Fsp3) is 0.855. The van der Waals surface area contributed by atoms with Crippen LogP contribution in [0.5, 0.6) is 0 Å². The van der Waals surface area contributed by atoms with Crippen molar-refractivity contribution >= 4 is 69.7 Å². The van der Waals surface area contributed by atoms with Crippen molar-refractivity contribution in [3.63, 3.8) is 0 Å². The summed E-state index contributed by atoms with van der Waals surface area (Å²) in [6.45, 7) is 50.3. The van der Waals surface area contributed by atoms with Crippen LogP contribution < -0.4 is 10.2 Å². The summed E-state index contributed by atoms with van der Waals surface area (Å²) in [6.07, 6.45) is 12.3. The zero-order chi connectivity index (χ0) is 104. The number of allylic oxidation sites excluding steroid dienone is 1. The number of aliphatic hydroxyl groups excluding tert-OH is 1. The first-order chi connectivity index (χ1) is 68.4.